The summed E-state index contributed by atoms with van der Waals surface area (Å²) in [7, 11) is 1.67. The van der Waals surface area contributed by atoms with E-state index >= 15 is 0 Å². The fraction of sp³-hybridized carbons (Fsp3) is 0.263. The standard InChI is InChI=1S/C19H21NO3/c1-13(20-18(12-21)19-4-3-9-23-19)14-5-6-16-11-17(22-2)8-7-15(16)10-14/h3-11,13,18,20-21H,12H2,1-2H3. The average molecular weight is 311 g/mol. The smallest absolute Gasteiger partial charge is 0.123 e. The van der Waals surface area contributed by atoms with Crippen LogP contribution in [0.3, 0.4) is 0 Å². The molecule has 0 aliphatic carbocycles. The minimum absolute atomic E-state index is 0.0113. The van der Waals surface area contributed by atoms with Gasteiger partial charge in [0.1, 0.15) is 11.5 Å². The molecule has 0 saturated heterocycles. The topological polar surface area (TPSA) is 54.6 Å². The molecule has 2 unspecified atom stereocenters. The Labute approximate surface area is 135 Å². The van der Waals surface area contributed by atoms with Crippen molar-refractivity contribution < 1.29 is 14.3 Å². The number of hydrogen-bond donors (Lipinski definition) is 2. The summed E-state index contributed by atoms with van der Waals surface area (Å²) in [6.45, 7) is 2.07. The number of aliphatic hydroxyl groups is 1. The molecule has 120 valence electrons. The molecule has 1 heterocycles. The molecule has 2 atom stereocenters. The Morgan fingerprint density at radius 3 is 2.61 bits per heavy atom. The average Bonchev–Trinajstić information content (AvgIpc) is 3.12. The van der Waals surface area contributed by atoms with Crippen LogP contribution in [0.1, 0.15) is 30.3 Å². The molecular weight excluding hydrogens is 290 g/mol. The number of furan rings is 1. The number of fused-ring (bicyclic) bond motifs is 1. The van der Waals surface area contributed by atoms with Gasteiger partial charge in [-0.15, -0.1) is 0 Å². The number of hydrogen-bond acceptors (Lipinski definition) is 4. The highest BCUT2D eigenvalue weighted by molar-refractivity contribution is 5.84. The Kier molecular flexibility index (Phi) is 4.65. The molecule has 0 aliphatic heterocycles. The minimum Gasteiger partial charge on any atom is -0.497 e. The third kappa shape index (κ3) is 3.38. The summed E-state index contributed by atoms with van der Waals surface area (Å²) in [5, 5.41) is 15.3. The molecular formula is C19H21NO3. The van der Waals surface area contributed by atoms with Gasteiger partial charge in [-0.3, -0.25) is 5.32 Å². The summed E-state index contributed by atoms with van der Waals surface area (Å²) in [5.41, 5.74) is 1.16. The Balaban J connectivity index is 1.81. The highest BCUT2D eigenvalue weighted by atomic mass is 16.5. The lowest BCUT2D eigenvalue weighted by Gasteiger charge is -2.21. The number of aliphatic hydroxyl groups excluding tert-OH is 1. The lowest BCUT2D eigenvalue weighted by Crippen LogP contribution is -2.27. The maximum Gasteiger partial charge on any atom is 0.123 e. The van der Waals surface area contributed by atoms with Gasteiger partial charge >= 0.3 is 0 Å². The van der Waals surface area contributed by atoms with E-state index in [0.717, 1.165) is 27.8 Å². The fourth-order valence-electron chi connectivity index (χ4n) is 2.75. The van der Waals surface area contributed by atoms with E-state index in [4.69, 9.17) is 9.15 Å². The van der Waals surface area contributed by atoms with Gasteiger partial charge in [0.2, 0.25) is 0 Å². The molecule has 4 heteroatoms. The van der Waals surface area contributed by atoms with Crippen LogP contribution >= 0.6 is 0 Å². The molecule has 0 amide bonds. The highest BCUT2D eigenvalue weighted by Crippen LogP contribution is 2.26. The molecule has 4 nitrogen and oxygen atoms in total. The normalized spacial score (nSPS) is 13.9. The molecule has 23 heavy (non-hydrogen) atoms. The van der Waals surface area contributed by atoms with Gasteiger partial charge in [-0.05, 0) is 53.6 Å². The zero-order valence-electron chi connectivity index (χ0n) is 13.3. The minimum atomic E-state index is -0.216. The van der Waals surface area contributed by atoms with E-state index in [2.05, 4.69) is 36.5 Å². The molecule has 0 spiro atoms. The molecule has 2 aromatic carbocycles. The van der Waals surface area contributed by atoms with Gasteiger partial charge in [0.25, 0.3) is 0 Å². The zero-order chi connectivity index (χ0) is 16.2. The monoisotopic (exact) mass is 311 g/mol. The SMILES string of the molecule is COc1ccc2cc(C(C)NC(CO)c3ccco3)ccc2c1. The first-order chi connectivity index (χ1) is 11.2. The maximum atomic E-state index is 9.59. The van der Waals surface area contributed by atoms with Gasteiger partial charge < -0.3 is 14.3 Å². The van der Waals surface area contributed by atoms with Crippen LogP contribution in [0.2, 0.25) is 0 Å². The Morgan fingerprint density at radius 1 is 1.13 bits per heavy atom. The third-order valence-electron chi connectivity index (χ3n) is 4.09. The third-order valence-corrected chi connectivity index (χ3v) is 4.09. The van der Waals surface area contributed by atoms with Gasteiger partial charge in [-0.25, -0.2) is 0 Å². The van der Waals surface area contributed by atoms with Crippen LogP contribution in [0.4, 0.5) is 0 Å². The van der Waals surface area contributed by atoms with Crippen molar-refractivity contribution in [2.24, 2.45) is 0 Å². The molecule has 2 N–H and O–H groups in total. The van der Waals surface area contributed by atoms with Gasteiger partial charge in [0.05, 0.1) is 26.0 Å². The maximum absolute atomic E-state index is 9.59. The Hall–Kier alpha value is -2.30. The Bertz CT molecular complexity index is 767. The van der Waals surface area contributed by atoms with Gasteiger partial charge in [-0.1, -0.05) is 18.2 Å². The number of nitrogens with one attached hydrogen (secondary N) is 1. The molecule has 0 saturated carbocycles. The van der Waals surface area contributed by atoms with Crippen LogP contribution in [0.25, 0.3) is 10.8 Å². The second kappa shape index (κ2) is 6.86. The largest absolute Gasteiger partial charge is 0.497 e. The van der Waals surface area contributed by atoms with Crippen LogP contribution < -0.4 is 10.1 Å². The first-order valence-corrected chi connectivity index (χ1v) is 7.69. The van der Waals surface area contributed by atoms with Crippen LogP contribution in [0, 0.1) is 0 Å². The zero-order valence-corrected chi connectivity index (χ0v) is 13.3. The molecule has 3 aromatic rings. The van der Waals surface area contributed by atoms with E-state index in [9.17, 15) is 5.11 Å². The summed E-state index contributed by atoms with van der Waals surface area (Å²) >= 11 is 0. The van der Waals surface area contributed by atoms with E-state index in [1.165, 1.54) is 0 Å². The first kappa shape index (κ1) is 15.6. The summed E-state index contributed by atoms with van der Waals surface area (Å²) in [5.74, 6) is 1.60. The first-order valence-electron chi connectivity index (χ1n) is 7.69. The predicted molar refractivity (Wildman–Crippen MR) is 90.6 cm³/mol. The number of benzene rings is 2. The predicted octanol–water partition coefficient (Wildman–Crippen LogP) is 3.83. The van der Waals surface area contributed by atoms with Crippen molar-refractivity contribution in [3.8, 4) is 5.75 Å². The molecule has 0 fully saturated rings. The van der Waals surface area contributed by atoms with Crippen LogP contribution in [-0.2, 0) is 0 Å². The Morgan fingerprint density at radius 2 is 1.91 bits per heavy atom. The summed E-state index contributed by atoms with van der Waals surface area (Å²) in [4.78, 5) is 0. The number of ether oxygens (including phenoxy) is 1. The van der Waals surface area contributed by atoms with Gasteiger partial charge in [-0.2, -0.15) is 0 Å². The van der Waals surface area contributed by atoms with Crippen molar-refractivity contribution >= 4 is 10.8 Å². The highest BCUT2D eigenvalue weighted by Gasteiger charge is 2.17. The van der Waals surface area contributed by atoms with Crippen molar-refractivity contribution in [2.45, 2.75) is 19.0 Å². The summed E-state index contributed by atoms with van der Waals surface area (Å²) in [6.07, 6.45) is 1.62. The molecule has 0 bridgehead atoms. The van der Waals surface area contributed by atoms with Crippen molar-refractivity contribution in [3.63, 3.8) is 0 Å². The molecule has 0 radical (unpaired) electrons. The molecule has 0 aliphatic rings. The lowest BCUT2D eigenvalue weighted by atomic mass is 10.0. The molecule has 1 aromatic heterocycles. The summed E-state index contributed by atoms with van der Waals surface area (Å²) in [6, 6.07) is 15.9. The number of rotatable bonds is 6. The van der Waals surface area contributed by atoms with Crippen LogP contribution in [-0.4, -0.2) is 18.8 Å². The van der Waals surface area contributed by atoms with E-state index in [1.54, 1.807) is 13.4 Å². The van der Waals surface area contributed by atoms with E-state index in [0.29, 0.717) is 0 Å². The quantitative estimate of drug-likeness (QED) is 0.726. The summed E-state index contributed by atoms with van der Waals surface area (Å²) < 4.78 is 10.6. The number of methoxy groups -OCH3 is 1. The fourth-order valence-corrected chi connectivity index (χ4v) is 2.75. The van der Waals surface area contributed by atoms with Crippen molar-refractivity contribution in [1.82, 2.24) is 5.32 Å². The van der Waals surface area contributed by atoms with Crippen molar-refractivity contribution in [1.29, 1.82) is 0 Å². The lowest BCUT2D eigenvalue weighted by molar-refractivity contribution is 0.217. The van der Waals surface area contributed by atoms with Gasteiger partial charge in [0.15, 0.2) is 0 Å². The second-order valence-electron chi connectivity index (χ2n) is 5.61. The van der Waals surface area contributed by atoms with E-state index in [-0.39, 0.29) is 18.7 Å². The second-order valence-corrected chi connectivity index (χ2v) is 5.61. The van der Waals surface area contributed by atoms with Crippen LogP contribution in [0.5, 0.6) is 5.75 Å². The van der Waals surface area contributed by atoms with E-state index < -0.39 is 0 Å². The van der Waals surface area contributed by atoms with Crippen molar-refractivity contribution in [2.75, 3.05) is 13.7 Å². The van der Waals surface area contributed by atoms with Crippen LogP contribution in [0.15, 0.2) is 59.2 Å². The van der Waals surface area contributed by atoms with Crippen molar-refractivity contribution in [3.05, 3.63) is 66.1 Å². The molecule has 3 rings (SSSR count). The van der Waals surface area contributed by atoms with E-state index in [1.807, 2.05) is 24.3 Å². The van der Waals surface area contributed by atoms with Gasteiger partial charge in [0, 0.05) is 6.04 Å².